The number of nitrogens with zero attached hydrogens (tertiary/aromatic N) is 2. The normalized spacial score (nSPS) is 19.6. The molecule has 0 bridgehead atoms. The van der Waals surface area contributed by atoms with Crippen LogP contribution < -0.4 is 4.90 Å². The van der Waals surface area contributed by atoms with E-state index in [2.05, 4.69) is 6.58 Å². The van der Waals surface area contributed by atoms with Crippen molar-refractivity contribution in [3.05, 3.63) is 43.0 Å². The molecule has 0 radical (unpaired) electrons. The first-order valence-corrected chi connectivity index (χ1v) is 9.20. The highest BCUT2D eigenvalue weighted by Crippen LogP contribution is 2.24. The highest BCUT2D eigenvalue weighted by atomic mass is 32.2. The second kappa shape index (κ2) is 7.07. The van der Waals surface area contributed by atoms with Gasteiger partial charge in [0, 0.05) is 25.3 Å². The lowest BCUT2D eigenvalue weighted by Crippen LogP contribution is -2.46. The van der Waals surface area contributed by atoms with Crippen molar-refractivity contribution in [2.24, 2.45) is 5.92 Å². The number of piperidine rings is 1. The molecule has 0 saturated carbocycles. The van der Waals surface area contributed by atoms with E-state index in [1.165, 1.54) is 10.6 Å². The average molecular weight is 322 g/mol. The number of para-hydroxylation sites is 1. The Hall–Kier alpha value is -1.66. The summed E-state index contributed by atoms with van der Waals surface area (Å²) in [5.74, 6) is -0.344. The van der Waals surface area contributed by atoms with Crippen molar-refractivity contribution in [2.75, 3.05) is 30.8 Å². The molecule has 120 valence electrons. The van der Waals surface area contributed by atoms with Crippen molar-refractivity contribution in [2.45, 2.75) is 12.8 Å². The third-order valence-electron chi connectivity index (χ3n) is 3.85. The van der Waals surface area contributed by atoms with Gasteiger partial charge in [-0.1, -0.05) is 24.3 Å². The summed E-state index contributed by atoms with van der Waals surface area (Å²) in [5.41, 5.74) is 0.809. The monoisotopic (exact) mass is 322 g/mol. The van der Waals surface area contributed by atoms with E-state index in [1.807, 2.05) is 30.3 Å². The Morgan fingerprint density at radius 3 is 2.68 bits per heavy atom. The molecule has 2 rings (SSSR count). The van der Waals surface area contributed by atoms with Gasteiger partial charge in [0.05, 0.1) is 12.2 Å². The maximum Gasteiger partial charge on any atom is 0.231 e. The molecule has 5 nitrogen and oxygen atoms in total. The molecule has 1 unspecified atom stereocenters. The van der Waals surface area contributed by atoms with Gasteiger partial charge in [0.1, 0.15) is 0 Å². The lowest BCUT2D eigenvalue weighted by atomic mass is 9.97. The largest absolute Gasteiger partial charge is 0.308 e. The van der Waals surface area contributed by atoms with E-state index in [-0.39, 0.29) is 18.4 Å². The Morgan fingerprint density at radius 1 is 1.41 bits per heavy atom. The second-order valence-electron chi connectivity index (χ2n) is 5.53. The number of hydrogen-bond donors (Lipinski definition) is 0. The highest BCUT2D eigenvalue weighted by Gasteiger charge is 2.32. The highest BCUT2D eigenvalue weighted by molar-refractivity contribution is 7.88. The number of benzene rings is 1. The topological polar surface area (TPSA) is 57.7 Å². The fourth-order valence-electron chi connectivity index (χ4n) is 2.73. The molecule has 22 heavy (non-hydrogen) atoms. The minimum absolute atomic E-state index is 0.0422. The third kappa shape index (κ3) is 3.96. The van der Waals surface area contributed by atoms with Gasteiger partial charge in [0.2, 0.25) is 15.9 Å². The van der Waals surface area contributed by atoms with Crippen molar-refractivity contribution >= 4 is 21.6 Å². The van der Waals surface area contributed by atoms with Gasteiger partial charge in [-0.15, -0.1) is 6.58 Å². The third-order valence-corrected chi connectivity index (χ3v) is 5.12. The van der Waals surface area contributed by atoms with Gasteiger partial charge in [-0.05, 0) is 25.0 Å². The Balaban J connectivity index is 2.18. The Bertz CT molecular complexity index is 628. The number of sulfonamides is 1. The smallest absolute Gasteiger partial charge is 0.231 e. The van der Waals surface area contributed by atoms with Crippen LogP contribution in [0.25, 0.3) is 0 Å². The van der Waals surface area contributed by atoms with Crippen molar-refractivity contribution in [1.82, 2.24) is 4.31 Å². The van der Waals surface area contributed by atoms with Gasteiger partial charge in [-0.3, -0.25) is 4.79 Å². The summed E-state index contributed by atoms with van der Waals surface area (Å²) < 4.78 is 24.8. The van der Waals surface area contributed by atoms with E-state index in [1.54, 1.807) is 11.0 Å². The molecule has 1 heterocycles. The summed E-state index contributed by atoms with van der Waals surface area (Å²) in [6.45, 7) is 4.88. The molecule has 1 saturated heterocycles. The minimum Gasteiger partial charge on any atom is -0.308 e. The average Bonchev–Trinajstić information content (AvgIpc) is 2.52. The zero-order valence-corrected chi connectivity index (χ0v) is 13.6. The van der Waals surface area contributed by atoms with Crippen LogP contribution in [0.1, 0.15) is 12.8 Å². The SMILES string of the molecule is C=CCN(C(=O)C1CCCN(S(C)(=O)=O)C1)c1ccccc1. The quantitative estimate of drug-likeness (QED) is 0.778. The van der Waals surface area contributed by atoms with Crippen molar-refractivity contribution < 1.29 is 13.2 Å². The molecule has 0 N–H and O–H groups in total. The van der Waals surface area contributed by atoms with E-state index < -0.39 is 10.0 Å². The molecular weight excluding hydrogens is 300 g/mol. The van der Waals surface area contributed by atoms with Crippen LogP contribution in [-0.4, -0.2) is 44.5 Å². The maximum absolute atomic E-state index is 12.8. The Labute approximate surface area is 132 Å². The summed E-state index contributed by atoms with van der Waals surface area (Å²) in [6, 6.07) is 9.40. The van der Waals surface area contributed by atoms with Crippen LogP contribution in [0.2, 0.25) is 0 Å². The first-order chi connectivity index (χ1) is 10.4. The van der Waals surface area contributed by atoms with E-state index in [9.17, 15) is 13.2 Å². The van der Waals surface area contributed by atoms with Crippen molar-refractivity contribution in [1.29, 1.82) is 0 Å². The summed E-state index contributed by atoms with van der Waals surface area (Å²) >= 11 is 0. The van der Waals surface area contributed by atoms with Gasteiger partial charge in [-0.25, -0.2) is 12.7 Å². The fourth-order valence-corrected chi connectivity index (χ4v) is 3.64. The van der Waals surface area contributed by atoms with Gasteiger partial charge >= 0.3 is 0 Å². The van der Waals surface area contributed by atoms with Crippen LogP contribution in [0.3, 0.4) is 0 Å². The Kier molecular flexibility index (Phi) is 5.37. The molecule has 6 heteroatoms. The van der Waals surface area contributed by atoms with Crippen LogP contribution in [0.5, 0.6) is 0 Å². The molecular formula is C16H22N2O3S. The van der Waals surface area contributed by atoms with Crippen molar-refractivity contribution in [3.8, 4) is 0 Å². The number of rotatable bonds is 5. The minimum atomic E-state index is -3.25. The maximum atomic E-state index is 12.8. The standard InChI is InChI=1S/C16H22N2O3S/c1-3-11-18(15-9-5-4-6-10-15)16(19)14-8-7-12-17(13-14)22(2,20)21/h3-6,9-10,14H,1,7-8,11-13H2,2H3. The zero-order chi connectivity index (χ0) is 16.2. The molecule has 1 aromatic carbocycles. The number of amides is 1. The molecule has 0 aromatic heterocycles. The van der Waals surface area contributed by atoms with Crippen LogP contribution in [0.15, 0.2) is 43.0 Å². The summed E-state index contributed by atoms with van der Waals surface area (Å²) in [6.07, 6.45) is 4.30. The molecule has 1 aliphatic rings. The van der Waals surface area contributed by atoms with Crippen LogP contribution in [0.4, 0.5) is 5.69 Å². The molecule has 0 aliphatic carbocycles. The van der Waals surface area contributed by atoms with Crippen LogP contribution in [0, 0.1) is 5.92 Å². The number of carbonyl (C=O) groups excluding carboxylic acids is 1. The fraction of sp³-hybridized carbons (Fsp3) is 0.438. The van der Waals surface area contributed by atoms with E-state index in [0.29, 0.717) is 25.9 Å². The molecule has 1 aromatic rings. The zero-order valence-electron chi connectivity index (χ0n) is 12.8. The van der Waals surface area contributed by atoms with E-state index >= 15 is 0 Å². The molecule has 0 spiro atoms. The first-order valence-electron chi connectivity index (χ1n) is 7.36. The summed E-state index contributed by atoms with van der Waals surface area (Å²) in [7, 11) is -3.25. The predicted molar refractivity (Wildman–Crippen MR) is 88.1 cm³/mol. The lowest BCUT2D eigenvalue weighted by molar-refractivity contribution is -0.123. The van der Waals surface area contributed by atoms with Gasteiger partial charge in [-0.2, -0.15) is 0 Å². The first kappa shape index (κ1) is 16.7. The van der Waals surface area contributed by atoms with E-state index in [4.69, 9.17) is 0 Å². The summed E-state index contributed by atoms with van der Waals surface area (Å²) in [5, 5.41) is 0. The van der Waals surface area contributed by atoms with Gasteiger partial charge in [0.15, 0.2) is 0 Å². The predicted octanol–water partition coefficient (Wildman–Crippen LogP) is 1.88. The van der Waals surface area contributed by atoms with Crippen molar-refractivity contribution in [3.63, 3.8) is 0 Å². The second-order valence-corrected chi connectivity index (χ2v) is 7.52. The Morgan fingerprint density at radius 2 is 2.09 bits per heavy atom. The number of hydrogen-bond acceptors (Lipinski definition) is 3. The molecule has 1 atom stereocenters. The van der Waals surface area contributed by atoms with Crippen LogP contribution in [-0.2, 0) is 14.8 Å². The number of carbonyl (C=O) groups is 1. The lowest BCUT2D eigenvalue weighted by Gasteiger charge is -2.33. The summed E-state index contributed by atoms with van der Waals surface area (Å²) in [4.78, 5) is 14.5. The van der Waals surface area contributed by atoms with Gasteiger partial charge in [0.25, 0.3) is 0 Å². The number of anilines is 1. The van der Waals surface area contributed by atoms with Gasteiger partial charge < -0.3 is 4.90 Å². The van der Waals surface area contributed by atoms with Crippen LogP contribution >= 0.6 is 0 Å². The van der Waals surface area contributed by atoms with E-state index in [0.717, 1.165) is 5.69 Å². The molecule has 1 fully saturated rings. The molecule has 1 amide bonds. The molecule has 1 aliphatic heterocycles.